The molecule has 0 radical (unpaired) electrons. The molecule has 3 heterocycles. The molecule has 0 saturated carbocycles. The Hall–Kier alpha value is -4.88. The highest BCUT2D eigenvalue weighted by atomic mass is 16.3. The van der Waals surface area contributed by atoms with Gasteiger partial charge in [-0.15, -0.1) is 0 Å². The number of hydrogen-bond donors (Lipinski definition) is 0. The van der Waals surface area contributed by atoms with E-state index in [-0.39, 0.29) is 16.2 Å². The molecular formula is C45H47N3O. The minimum atomic E-state index is -0.902. The molecule has 0 saturated heterocycles. The standard InChI is InChI=1S/C45H47N3O/c1-26(2)31-19-20-34(36-21-15-30(25-47-36)45(9,10)11)41-39(31)35-16-12-27(24-46)40(42(35)49-41)48-37-22-28(43(3,4)5)13-17-32(37)33-18-14-29(23-38(33)48)44(6,7)8/h12-23,25-26H,1-11H3/i26D. The van der Waals surface area contributed by atoms with Crippen LogP contribution >= 0.6 is 0 Å². The lowest BCUT2D eigenvalue weighted by Crippen LogP contribution is -2.11. The van der Waals surface area contributed by atoms with Gasteiger partial charge in [0.15, 0.2) is 5.58 Å². The summed E-state index contributed by atoms with van der Waals surface area (Å²) < 4.78 is 18.5. The predicted molar refractivity (Wildman–Crippen MR) is 206 cm³/mol. The number of benzene rings is 4. The molecule has 3 aromatic heterocycles. The number of rotatable bonds is 3. The highest BCUT2D eigenvalue weighted by Gasteiger charge is 2.27. The molecule has 49 heavy (non-hydrogen) atoms. The minimum Gasteiger partial charge on any atom is -0.453 e. The quantitative estimate of drug-likeness (QED) is 0.192. The van der Waals surface area contributed by atoms with Crippen LogP contribution in [0.1, 0.15) is 111 Å². The fourth-order valence-corrected chi connectivity index (χ4v) is 7.05. The summed E-state index contributed by atoms with van der Waals surface area (Å²) in [5.74, 6) is -0.902. The van der Waals surface area contributed by atoms with Crippen molar-refractivity contribution in [3.63, 3.8) is 0 Å². The van der Waals surface area contributed by atoms with E-state index < -0.39 is 5.89 Å². The van der Waals surface area contributed by atoms with Crippen LogP contribution in [0.5, 0.6) is 0 Å². The number of pyridine rings is 1. The summed E-state index contributed by atoms with van der Waals surface area (Å²) in [5, 5.41) is 14.7. The molecule has 0 fully saturated rings. The van der Waals surface area contributed by atoms with Gasteiger partial charge >= 0.3 is 0 Å². The van der Waals surface area contributed by atoms with Crippen LogP contribution in [0, 0.1) is 11.3 Å². The molecule has 0 aliphatic carbocycles. The van der Waals surface area contributed by atoms with Crippen LogP contribution < -0.4 is 0 Å². The molecule has 7 rings (SSSR count). The second-order valence-corrected chi connectivity index (χ2v) is 16.9. The monoisotopic (exact) mass is 646 g/mol. The van der Waals surface area contributed by atoms with Crippen LogP contribution in [-0.4, -0.2) is 9.55 Å². The van der Waals surface area contributed by atoms with E-state index in [2.05, 4.69) is 121 Å². The van der Waals surface area contributed by atoms with Gasteiger partial charge in [0.2, 0.25) is 0 Å². The Labute approximate surface area is 291 Å². The maximum Gasteiger partial charge on any atom is 0.160 e. The van der Waals surface area contributed by atoms with Gasteiger partial charge in [-0.1, -0.05) is 113 Å². The van der Waals surface area contributed by atoms with Gasteiger partial charge in [0.1, 0.15) is 17.3 Å². The van der Waals surface area contributed by atoms with E-state index in [9.17, 15) is 6.63 Å². The van der Waals surface area contributed by atoms with E-state index in [1.807, 2.05) is 44.3 Å². The Bertz CT molecular complexity index is 2440. The number of aromatic nitrogens is 2. The van der Waals surface area contributed by atoms with Crippen molar-refractivity contribution in [1.82, 2.24) is 9.55 Å². The van der Waals surface area contributed by atoms with E-state index >= 15 is 0 Å². The van der Waals surface area contributed by atoms with Gasteiger partial charge in [-0.05, 0) is 80.8 Å². The van der Waals surface area contributed by atoms with Crippen molar-refractivity contribution >= 4 is 43.7 Å². The molecule has 0 unspecified atom stereocenters. The van der Waals surface area contributed by atoms with Crippen LogP contribution in [0.25, 0.3) is 60.7 Å². The highest BCUT2D eigenvalue weighted by Crippen LogP contribution is 2.45. The zero-order valence-electron chi connectivity index (χ0n) is 31.8. The molecule has 0 amide bonds. The third-order valence-corrected chi connectivity index (χ3v) is 10.1. The zero-order chi connectivity index (χ0) is 36.1. The van der Waals surface area contributed by atoms with Crippen molar-refractivity contribution in [2.45, 2.75) is 98.3 Å². The van der Waals surface area contributed by atoms with Crippen LogP contribution in [-0.2, 0) is 16.2 Å². The lowest BCUT2D eigenvalue weighted by molar-refractivity contribution is 0.587. The van der Waals surface area contributed by atoms with Crippen LogP contribution in [0.3, 0.4) is 0 Å². The number of nitrogens with zero attached hydrogens (tertiary/aromatic N) is 3. The minimum absolute atomic E-state index is 0.0239. The molecule has 4 heteroatoms. The van der Waals surface area contributed by atoms with Gasteiger partial charge in [-0.2, -0.15) is 5.26 Å². The second kappa shape index (κ2) is 11.1. The first-order valence-electron chi connectivity index (χ1n) is 17.8. The molecule has 248 valence electrons. The Kier molecular flexibility index (Phi) is 7.09. The van der Waals surface area contributed by atoms with Crippen molar-refractivity contribution in [2.24, 2.45) is 0 Å². The Morgan fingerprint density at radius 2 is 1.24 bits per heavy atom. The van der Waals surface area contributed by atoms with Crippen LogP contribution in [0.4, 0.5) is 0 Å². The second-order valence-electron chi connectivity index (χ2n) is 16.9. The smallest absolute Gasteiger partial charge is 0.160 e. The van der Waals surface area contributed by atoms with E-state index in [0.717, 1.165) is 55.0 Å². The molecule has 0 spiro atoms. The average molecular weight is 647 g/mol. The normalized spacial score (nSPS) is 13.5. The molecule has 0 aliphatic rings. The van der Waals surface area contributed by atoms with Crippen molar-refractivity contribution in [3.05, 3.63) is 107 Å². The first kappa shape index (κ1) is 31.4. The van der Waals surface area contributed by atoms with Crippen molar-refractivity contribution in [2.75, 3.05) is 0 Å². The van der Waals surface area contributed by atoms with Gasteiger partial charge in [-0.25, -0.2) is 0 Å². The summed E-state index contributed by atoms with van der Waals surface area (Å²) in [6.45, 7) is 23.8. The van der Waals surface area contributed by atoms with E-state index in [1.54, 1.807) is 0 Å². The molecule has 0 atom stereocenters. The van der Waals surface area contributed by atoms with Crippen molar-refractivity contribution in [3.8, 4) is 23.0 Å². The summed E-state index contributed by atoms with van der Waals surface area (Å²) in [6.07, 6.45) is 1.95. The predicted octanol–water partition coefficient (Wildman–Crippen LogP) is 12.6. The first-order valence-corrected chi connectivity index (χ1v) is 17.3. The topological polar surface area (TPSA) is 54.8 Å². The number of furan rings is 1. The van der Waals surface area contributed by atoms with Crippen molar-refractivity contribution in [1.29, 1.82) is 5.26 Å². The van der Waals surface area contributed by atoms with Gasteiger partial charge in [-0.3, -0.25) is 4.98 Å². The highest BCUT2D eigenvalue weighted by molar-refractivity contribution is 6.16. The van der Waals surface area contributed by atoms with Crippen LogP contribution in [0.15, 0.2) is 83.4 Å². The Morgan fingerprint density at radius 3 is 1.73 bits per heavy atom. The lowest BCUT2D eigenvalue weighted by Gasteiger charge is -2.20. The summed E-state index contributed by atoms with van der Waals surface area (Å²) in [5.41, 5.74) is 10.6. The fourth-order valence-electron chi connectivity index (χ4n) is 7.05. The van der Waals surface area contributed by atoms with E-state index in [4.69, 9.17) is 9.40 Å². The number of fused-ring (bicyclic) bond motifs is 6. The maximum absolute atomic E-state index is 10.7. The summed E-state index contributed by atoms with van der Waals surface area (Å²) >= 11 is 0. The largest absolute Gasteiger partial charge is 0.453 e. The number of nitriles is 1. The summed E-state index contributed by atoms with van der Waals surface area (Å²) in [6, 6.07) is 28.2. The molecule has 0 bridgehead atoms. The Balaban J connectivity index is 1.66. The van der Waals surface area contributed by atoms with E-state index in [0.29, 0.717) is 22.4 Å². The molecule has 7 aromatic rings. The first-order chi connectivity index (χ1) is 23.3. The van der Waals surface area contributed by atoms with Gasteiger partial charge < -0.3 is 8.98 Å². The zero-order valence-corrected chi connectivity index (χ0v) is 30.8. The Morgan fingerprint density at radius 1 is 0.694 bits per heavy atom. The van der Waals surface area contributed by atoms with Crippen molar-refractivity contribution < 1.29 is 5.79 Å². The summed E-state index contributed by atoms with van der Waals surface area (Å²) in [7, 11) is 0. The summed E-state index contributed by atoms with van der Waals surface area (Å²) in [4.78, 5) is 4.92. The number of hydrogen-bond acceptors (Lipinski definition) is 3. The third-order valence-electron chi connectivity index (χ3n) is 10.1. The van der Waals surface area contributed by atoms with Crippen LogP contribution in [0.2, 0.25) is 0 Å². The lowest BCUT2D eigenvalue weighted by atomic mass is 9.86. The molecular weight excluding hydrogens is 599 g/mol. The fraction of sp³-hybridized carbons (Fsp3) is 0.333. The SMILES string of the molecule is [2H]C(C)(C)c1ccc(-c2ccc(C(C)(C)C)cn2)c2oc3c(-n4c5cc(C(C)(C)C)ccc5c5ccc(C(C)(C)C)cc54)c(C#N)ccc3c12. The molecule has 4 nitrogen and oxygen atoms in total. The molecule has 0 aliphatic heterocycles. The molecule has 0 N–H and O–H groups in total. The van der Waals surface area contributed by atoms with Gasteiger partial charge in [0.25, 0.3) is 0 Å². The third kappa shape index (κ3) is 5.32. The van der Waals surface area contributed by atoms with Gasteiger partial charge in [0.05, 0.1) is 22.3 Å². The van der Waals surface area contributed by atoms with Gasteiger partial charge in [0, 0.05) is 34.7 Å². The average Bonchev–Trinajstić information content (AvgIpc) is 3.57. The molecule has 4 aromatic carbocycles. The maximum atomic E-state index is 10.7. The van der Waals surface area contributed by atoms with E-state index in [1.165, 1.54) is 11.1 Å².